The summed E-state index contributed by atoms with van der Waals surface area (Å²) in [5, 5.41) is 4.30. The maximum atomic E-state index is 6.06. The van der Waals surface area contributed by atoms with Gasteiger partial charge in [0.15, 0.2) is 0 Å². The summed E-state index contributed by atoms with van der Waals surface area (Å²) in [5.74, 6) is 1.85. The minimum atomic E-state index is 0.781. The molecule has 0 aliphatic carbocycles. The zero-order chi connectivity index (χ0) is 11.8. The van der Waals surface area contributed by atoms with Crippen molar-refractivity contribution in [2.75, 3.05) is 18.8 Å². The van der Waals surface area contributed by atoms with Gasteiger partial charge in [0.1, 0.15) is 0 Å². The molecule has 3 heteroatoms. The molecule has 0 bridgehead atoms. The van der Waals surface area contributed by atoms with Crippen LogP contribution in [0.1, 0.15) is 20.3 Å². The quantitative estimate of drug-likeness (QED) is 0.584. The lowest BCUT2D eigenvalue weighted by atomic mass is 10.1. The monoisotopic (exact) mass is 257 g/mol. The van der Waals surface area contributed by atoms with Crippen LogP contribution in [0.15, 0.2) is 29.2 Å². The highest BCUT2D eigenvalue weighted by Gasteiger charge is 1.99. The van der Waals surface area contributed by atoms with Gasteiger partial charge in [-0.3, -0.25) is 0 Å². The zero-order valence-electron chi connectivity index (χ0n) is 10.0. The lowest BCUT2D eigenvalue weighted by Gasteiger charge is -2.07. The molecule has 1 aromatic carbocycles. The smallest absolute Gasteiger partial charge is 0.0541 e. The van der Waals surface area contributed by atoms with Gasteiger partial charge in [0.05, 0.1) is 5.02 Å². The summed E-state index contributed by atoms with van der Waals surface area (Å²) in [4.78, 5) is 1.18. The van der Waals surface area contributed by atoms with Crippen molar-refractivity contribution >= 4 is 23.4 Å². The average Bonchev–Trinajstić information content (AvgIpc) is 2.25. The molecule has 0 heterocycles. The molecule has 90 valence electrons. The Hall–Kier alpha value is -0.180. The maximum Gasteiger partial charge on any atom is 0.0541 e. The Kier molecular flexibility index (Phi) is 6.93. The number of rotatable bonds is 7. The summed E-state index contributed by atoms with van der Waals surface area (Å²) in [6.07, 6.45) is 1.25. The second kappa shape index (κ2) is 7.99. The lowest BCUT2D eigenvalue weighted by molar-refractivity contribution is 0.547. The van der Waals surface area contributed by atoms with E-state index in [1.165, 1.54) is 11.3 Å². The molecule has 0 radical (unpaired) electrons. The molecule has 0 saturated heterocycles. The molecule has 0 spiro atoms. The average molecular weight is 258 g/mol. The minimum Gasteiger partial charge on any atom is -0.316 e. The standard InChI is InChI=1S/C13H20ClNS/c1-11(2)7-8-15-9-10-16-13-6-4-3-5-12(13)14/h3-6,11,15H,7-10H2,1-2H3. The number of hydrogen-bond donors (Lipinski definition) is 1. The van der Waals surface area contributed by atoms with Crippen LogP contribution in [0.4, 0.5) is 0 Å². The summed E-state index contributed by atoms with van der Waals surface area (Å²) < 4.78 is 0. The van der Waals surface area contributed by atoms with Crippen LogP contribution in [-0.4, -0.2) is 18.8 Å². The van der Waals surface area contributed by atoms with Gasteiger partial charge < -0.3 is 5.32 Å². The first kappa shape index (κ1) is 13.9. The van der Waals surface area contributed by atoms with Crippen LogP contribution in [0.5, 0.6) is 0 Å². The van der Waals surface area contributed by atoms with Gasteiger partial charge in [-0.1, -0.05) is 37.6 Å². The van der Waals surface area contributed by atoms with E-state index in [-0.39, 0.29) is 0 Å². The number of hydrogen-bond acceptors (Lipinski definition) is 2. The molecule has 0 atom stereocenters. The van der Waals surface area contributed by atoms with E-state index < -0.39 is 0 Å². The lowest BCUT2D eigenvalue weighted by Crippen LogP contribution is -2.19. The molecule has 0 aromatic heterocycles. The van der Waals surface area contributed by atoms with E-state index in [9.17, 15) is 0 Å². The molecule has 1 nitrogen and oxygen atoms in total. The van der Waals surface area contributed by atoms with Crippen molar-refractivity contribution < 1.29 is 0 Å². The first-order chi connectivity index (χ1) is 7.70. The maximum absolute atomic E-state index is 6.06. The van der Waals surface area contributed by atoms with Crippen LogP contribution in [0.25, 0.3) is 0 Å². The van der Waals surface area contributed by atoms with Crippen molar-refractivity contribution in [3.63, 3.8) is 0 Å². The third-order valence-corrected chi connectivity index (χ3v) is 3.79. The van der Waals surface area contributed by atoms with Crippen LogP contribution in [0.2, 0.25) is 5.02 Å². The van der Waals surface area contributed by atoms with E-state index in [4.69, 9.17) is 11.6 Å². The van der Waals surface area contributed by atoms with E-state index in [1.807, 2.05) is 30.0 Å². The Labute approximate surface area is 108 Å². The molecule has 0 aliphatic heterocycles. The van der Waals surface area contributed by atoms with Crippen molar-refractivity contribution in [3.8, 4) is 0 Å². The Balaban J connectivity index is 2.10. The van der Waals surface area contributed by atoms with Crippen molar-refractivity contribution in [2.45, 2.75) is 25.2 Å². The van der Waals surface area contributed by atoms with E-state index >= 15 is 0 Å². The Morgan fingerprint density at radius 2 is 2.00 bits per heavy atom. The molecule has 0 aliphatic rings. The van der Waals surface area contributed by atoms with Gasteiger partial charge >= 0.3 is 0 Å². The number of benzene rings is 1. The van der Waals surface area contributed by atoms with Gasteiger partial charge in [-0.15, -0.1) is 11.8 Å². The molecule has 0 unspecified atom stereocenters. The largest absolute Gasteiger partial charge is 0.316 e. The molecule has 0 saturated carbocycles. The van der Waals surface area contributed by atoms with Crippen LogP contribution in [-0.2, 0) is 0 Å². The number of nitrogens with one attached hydrogen (secondary N) is 1. The van der Waals surface area contributed by atoms with Gasteiger partial charge in [-0.2, -0.15) is 0 Å². The fourth-order valence-corrected chi connectivity index (χ4v) is 2.46. The third kappa shape index (κ3) is 5.78. The Bertz CT molecular complexity index is 302. The predicted molar refractivity (Wildman–Crippen MR) is 74.5 cm³/mol. The molecular formula is C13H20ClNS. The molecule has 0 amide bonds. The third-order valence-electron chi connectivity index (χ3n) is 2.27. The molecule has 1 N–H and O–H groups in total. The van der Waals surface area contributed by atoms with E-state index in [0.717, 1.165) is 29.8 Å². The fourth-order valence-electron chi connectivity index (χ4n) is 1.31. The Morgan fingerprint density at radius 1 is 1.25 bits per heavy atom. The van der Waals surface area contributed by atoms with Crippen LogP contribution in [0, 0.1) is 5.92 Å². The molecule has 16 heavy (non-hydrogen) atoms. The first-order valence-corrected chi connectivity index (χ1v) is 7.14. The topological polar surface area (TPSA) is 12.0 Å². The summed E-state index contributed by atoms with van der Waals surface area (Å²) in [7, 11) is 0. The van der Waals surface area contributed by atoms with Crippen molar-refractivity contribution in [2.24, 2.45) is 5.92 Å². The highest BCUT2D eigenvalue weighted by atomic mass is 35.5. The first-order valence-electron chi connectivity index (χ1n) is 5.78. The van der Waals surface area contributed by atoms with Gasteiger partial charge in [0, 0.05) is 17.2 Å². The van der Waals surface area contributed by atoms with Gasteiger partial charge in [-0.25, -0.2) is 0 Å². The van der Waals surface area contributed by atoms with Crippen molar-refractivity contribution in [1.82, 2.24) is 5.32 Å². The normalized spacial score (nSPS) is 11.0. The SMILES string of the molecule is CC(C)CCNCCSc1ccccc1Cl. The summed E-state index contributed by atoms with van der Waals surface area (Å²) >= 11 is 7.88. The van der Waals surface area contributed by atoms with Crippen LogP contribution in [0.3, 0.4) is 0 Å². The van der Waals surface area contributed by atoms with E-state index in [2.05, 4.69) is 25.2 Å². The predicted octanol–water partition coefficient (Wildman–Crippen LogP) is 4.07. The van der Waals surface area contributed by atoms with Gasteiger partial charge in [0.2, 0.25) is 0 Å². The second-order valence-corrected chi connectivity index (χ2v) is 5.76. The summed E-state index contributed by atoms with van der Waals surface area (Å²) in [6.45, 7) is 6.66. The van der Waals surface area contributed by atoms with Crippen molar-refractivity contribution in [1.29, 1.82) is 0 Å². The molecular weight excluding hydrogens is 238 g/mol. The number of thioether (sulfide) groups is 1. The molecule has 1 aromatic rings. The van der Waals surface area contributed by atoms with E-state index in [1.54, 1.807) is 0 Å². The molecule has 0 fully saturated rings. The summed E-state index contributed by atoms with van der Waals surface area (Å²) in [6, 6.07) is 8.00. The van der Waals surface area contributed by atoms with Gasteiger partial charge in [-0.05, 0) is 31.0 Å². The fraction of sp³-hybridized carbons (Fsp3) is 0.538. The van der Waals surface area contributed by atoms with Gasteiger partial charge in [0.25, 0.3) is 0 Å². The number of halogens is 1. The van der Waals surface area contributed by atoms with E-state index in [0.29, 0.717) is 0 Å². The van der Waals surface area contributed by atoms with Crippen LogP contribution >= 0.6 is 23.4 Å². The summed E-state index contributed by atoms with van der Waals surface area (Å²) in [5.41, 5.74) is 0. The Morgan fingerprint density at radius 3 is 2.69 bits per heavy atom. The van der Waals surface area contributed by atoms with Crippen molar-refractivity contribution in [3.05, 3.63) is 29.3 Å². The zero-order valence-corrected chi connectivity index (χ0v) is 11.6. The second-order valence-electron chi connectivity index (χ2n) is 4.21. The van der Waals surface area contributed by atoms with Crippen LogP contribution < -0.4 is 5.32 Å². The molecule has 1 rings (SSSR count). The minimum absolute atomic E-state index is 0.781. The highest BCUT2D eigenvalue weighted by molar-refractivity contribution is 7.99. The highest BCUT2D eigenvalue weighted by Crippen LogP contribution is 2.25.